The Morgan fingerprint density at radius 2 is 2.00 bits per heavy atom. The zero-order valence-corrected chi connectivity index (χ0v) is 11.8. The maximum absolute atomic E-state index is 4.63. The van der Waals surface area contributed by atoms with Crippen LogP contribution in [0.4, 0.5) is 0 Å². The molecule has 0 spiro atoms. The molecule has 1 fully saturated rings. The predicted molar refractivity (Wildman–Crippen MR) is 76.7 cm³/mol. The van der Waals surface area contributed by atoms with Gasteiger partial charge >= 0.3 is 0 Å². The van der Waals surface area contributed by atoms with Gasteiger partial charge in [-0.2, -0.15) is 0 Å². The molecule has 1 aliphatic carbocycles. The van der Waals surface area contributed by atoms with E-state index >= 15 is 0 Å². The van der Waals surface area contributed by atoms with E-state index in [1.54, 1.807) is 0 Å². The monoisotopic (exact) mass is 246 g/mol. The third kappa shape index (κ3) is 3.32. The first-order valence-corrected chi connectivity index (χ1v) is 7.35. The minimum absolute atomic E-state index is 0.286. The van der Waals surface area contributed by atoms with Gasteiger partial charge in [-0.25, -0.2) is 0 Å². The fraction of sp³-hybridized carbons (Fsp3) is 0.688. The van der Waals surface area contributed by atoms with Crippen LogP contribution in [0.5, 0.6) is 0 Å². The second kappa shape index (κ2) is 6.33. The van der Waals surface area contributed by atoms with Crippen molar-refractivity contribution in [3.63, 3.8) is 0 Å². The van der Waals surface area contributed by atoms with E-state index in [1.807, 2.05) is 12.3 Å². The van der Waals surface area contributed by atoms with Crippen LogP contribution >= 0.6 is 0 Å². The molecular weight excluding hydrogens is 220 g/mol. The van der Waals surface area contributed by atoms with Crippen LogP contribution in [0.25, 0.3) is 0 Å². The molecule has 1 aliphatic rings. The molecule has 2 nitrogen and oxygen atoms in total. The van der Waals surface area contributed by atoms with Crippen LogP contribution in [-0.4, -0.2) is 18.1 Å². The number of pyridine rings is 1. The fourth-order valence-electron chi connectivity index (χ4n) is 3.03. The fourth-order valence-corrected chi connectivity index (χ4v) is 3.03. The van der Waals surface area contributed by atoms with Crippen LogP contribution in [0.1, 0.15) is 51.6 Å². The number of aromatic nitrogens is 1. The smallest absolute Gasteiger partial charge is 0.0478 e. The van der Waals surface area contributed by atoms with Crippen LogP contribution in [0.15, 0.2) is 24.4 Å². The van der Waals surface area contributed by atoms with E-state index in [4.69, 9.17) is 0 Å². The first-order chi connectivity index (χ1) is 8.73. The third-order valence-corrected chi connectivity index (χ3v) is 4.03. The summed E-state index contributed by atoms with van der Waals surface area (Å²) < 4.78 is 0. The number of nitrogens with zero attached hydrogens (tertiary/aromatic N) is 1. The molecule has 1 aromatic rings. The van der Waals surface area contributed by atoms with Crippen molar-refractivity contribution in [2.45, 2.75) is 51.4 Å². The molecule has 0 unspecified atom stereocenters. The summed E-state index contributed by atoms with van der Waals surface area (Å²) in [5.74, 6) is 0.717. The minimum Gasteiger partial charge on any atom is -0.316 e. The van der Waals surface area contributed by atoms with Crippen molar-refractivity contribution in [2.75, 3.05) is 13.1 Å². The molecule has 2 rings (SSSR count). The molecule has 0 aromatic carbocycles. The van der Waals surface area contributed by atoms with Gasteiger partial charge in [0.25, 0.3) is 0 Å². The standard InChI is InChI=1S/C16H26N2/c1-14(2)12-17-13-16(9-5-3-6-10-16)15-8-4-7-11-18-15/h4,7-8,11,14,17H,3,5-6,9-10,12-13H2,1-2H3. The van der Waals surface area contributed by atoms with E-state index in [0.717, 1.165) is 19.0 Å². The molecule has 0 bridgehead atoms. The summed E-state index contributed by atoms with van der Waals surface area (Å²) in [5.41, 5.74) is 1.58. The predicted octanol–water partition coefficient (Wildman–Crippen LogP) is 3.53. The summed E-state index contributed by atoms with van der Waals surface area (Å²) in [7, 11) is 0. The summed E-state index contributed by atoms with van der Waals surface area (Å²) in [6.45, 7) is 6.72. The Balaban J connectivity index is 2.08. The normalized spacial score (nSPS) is 19.1. The number of hydrogen-bond donors (Lipinski definition) is 1. The van der Waals surface area contributed by atoms with E-state index in [2.05, 4.69) is 36.3 Å². The first-order valence-electron chi connectivity index (χ1n) is 7.35. The molecule has 1 saturated carbocycles. The van der Waals surface area contributed by atoms with Gasteiger partial charge in [0, 0.05) is 23.9 Å². The topological polar surface area (TPSA) is 24.9 Å². The van der Waals surface area contributed by atoms with Crippen molar-refractivity contribution in [3.05, 3.63) is 30.1 Å². The summed E-state index contributed by atoms with van der Waals surface area (Å²) in [6, 6.07) is 6.35. The van der Waals surface area contributed by atoms with Crippen LogP contribution in [0, 0.1) is 5.92 Å². The van der Waals surface area contributed by atoms with Crippen LogP contribution < -0.4 is 5.32 Å². The second-order valence-electron chi connectivity index (χ2n) is 6.08. The van der Waals surface area contributed by atoms with Gasteiger partial charge in [-0.1, -0.05) is 39.2 Å². The van der Waals surface area contributed by atoms with Gasteiger partial charge in [0.2, 0.25) is 0 Å². The first kappa shape index (κ1) is 13.5. The maximum Gasteiger partial charge on any atom is 0.0478 e. The highest BCUT2D eigenvalue weighted by atomic mass is 14.9. The van der Waals surface area contributed by atoms with E-state index in [0.29, 0.717) is 0 Å². The van der Waals surface area contributed by atoms with Crippen LogP contribution in [0.3, 0.4) is 0 Å². The quantitative estimate of drug-likeness (QED) is 0.859. The second-order valence-corrected chi connectivity index (χ2v) is 6.08. The van der Waals surface area contributed by atoms with E-state index in [9.17, 15) is 0 Å². The molecule has 2 heteroatoms. The van der Waals surface area contributed by atoms with Crippen LogP contribution in [-0.2, 0) is 5.41 Å². The largest absolute Gasteiger partial charge is 0.316 e. The molecule has 0 aliphatic heterocycles. The van der Waals surface area contributed by atoms with Crippen molar-refractivity contribution in [1.29, 1.82) is 0 Å². The Kier molecular flexibility index (Phi) is 4.76. The Bertz CT molecular complexity index is 339. The molecule has 1 heterocycles. The average molecular weight is 246 g/mol. The highest BCUT2D eigenvalue weighted by Gasteiger charge is 2.34. The molecule has 0 atom stereocenters. The molecular formula is C16H26N2. The summed E-state index contributed by atoms with van der Waals surface area (Å²) in [6.07, 6.45) is 8.59. The lowest BCUT2D eigenvalue weighted by atomic mass is 9.71. The molecule has 1 aromatic heterocycles. The summed E-state index contributed by atoms with van der Waals surface area (Å²) in [5, 5.41) is 3.65. The summed E-state index contributed by atoms with van der Waals surface area (Å²) >= 11 is 0. The molecule has 18 heavy (non-hydrogen) atoms. The average Bonchev–Trinajstić information content (AvgIpc) is 2.40. The summed E-state index contributed by atoms with van der Waals surface area (Å²) in [4.78, 5) is 4.63. The molecule has 0 saturated heterocycles. The number of rotatable bonds is 5. The Morgan fingerprint density at radius 3 is 2.61 bits per heavy atom. The van der Waals surface area contributed by atoms with Crippen LogP contribution in [0.2, 0.25) is 0 Å². The molecule has 0 radical (unpaired) electrons. The van der Waals surface area contributed by atoms with Gasteiger partial charge in [0.15, 0.2) is 0 Å². The van der Waals surface area contributed by atoms with Gasteiger partial charge in [0.05, 0.1) is 0 Å². The van der Waals surface area contributed by atoms with Gasteiger partial charge in [-0.05, 0) is 37.4 Å². The third-order valence-electron chi connectivity index (χ3n) is 4.03. The SMILES string of the molecule is CC(C)CNCC1(c2ccccn2)CCCCC1. The Hall–Kier alpha value is -0.890. The van der Waals surface area contributed by atoms with Crippen molar-refractivity contribution < 1.29 is 0 Å². The molecule has 100 valence electrons. The van der Waals surface area contributed by atoms with Crippen molar-refractivity contribution in [2.24, 2.45) is 5.92 Å². The van der Waals surface area contributed by atoms with Gasteiger partial charge < -0.3 is 5.32 Å². The van der Waals surface area contributed by atoms with E-state index < -0.39 is 0 Å². The van der Waals surface area contributed by atoms with Gasteiger partial charge in [-0.3, -0.25) is 4.98 Å². The van der Waals surface area contributed by atoms with E-state index in [1.165, 1.54) is 37.8 Å². The van der Waals surface area contributed by atoms with Gasteiger partial charge in [-0.15, -0.1) is 0 Å². The minimum atomic E-state index is 0.286. The van der Waals surface area contributed by atoms with Crippen molar-refractivity contribution in [3.8, 4) is 0 Å². The highest BCUT2D eigenvalue weighted by Crippen LogP contribution is 2.37. The lowest BCUT2D eigenvalue weighted by molar-refractivity contribution is 0.270. The van der Waals surface area contributed by atoms with Crippen molar-refractivity contribution in [1.82, 2.24) is 10.3 Å². The van der Waals surface area contributed by atoms with E-state index in [-0.39, 0.29) is 5.41 Å². The number of nitrogens with one attached hydrogen (secondary N) is 1. The molecule has 1 N–H and O–H groups in total. The van der Waals surface area contributed by atoms with Gasteiger partial charge in [0.1, 0.15) is 0 Å². The Labute approximate surface area is 111 Å². The lowest BCUT2D eigenvalue weighted by Crippen LogP contribution is -2.41. The van der Waals surface area contributed by atoms with Crippen molar-refractivity contribution >= 4 is 0 Å². The highest BCUT2D eigenvalue weighted by molar-refractivity contribution is 5.18. The lowest BCUT2D eigenvalue weighted by Gasteiger charge is -2.37. The zero-order chi connectivity index (χ0) is 12.8. The number of hydrogen-bond acceptors (Lipinski definition) is 2. The molecule has 0 amide bonds. The zero-order valence-electron chi connectivity index (χ0n) is 11.8. The Morgan fingerprint density at radius 1 is 1.22 bits per heavy atom. The maximum atomic E-state index is 4.63.